The van der Waals surface area contributed by atoms with Crippen molar-refractivity contribution in [3.05, 3.63) is 71.3 Å². The number of hydrogen-bond acceptors (Lipinski definition) is 2. The number of nitrogens with zero attached hydrogens (tertiary/aromatic N) is 1. The Morgan fingerprint density at radius 1 is 1.03 bits per heavy atom. The summed E-state index contributed by atoms with van der Waals surface area (Å²) in [6.45, 7) is 1.83. The summed E-state index contributed by atoms with van der Waals surface area (Å²) in [7, 11) is 0. The van der Waals surface area contributed by atoms with Gasteiger partial charge in [0.15, 0.2) is 0 Å². The maximum Gasteiger partial charge on any atom is 0.242 e. The Labute approximate surface area is 176 Å². The van der Waals surface area contributed by atoms with Gasteiger partial charge in [0.2, 0.25) is 11.8 Å². The molecule has 3 rings (SSSR count). The fourth-order valence-electron chi connectivity index (χ4n) is 3.84. The predicted molar refractivity (Wildman–Crippen MR) is 112 cm³/mol. The molecule has 1 aliphatic rings. The normalized spacial score (nSPS) is 15.4. The summed E-state index contributed by atoms with van der Waals surface area (Å²) >= 11 is 0. The van der Waals surface area contributed by atoms with Gasteiger partial charge in [-0.05, 0) is 49.1 Å². The molecular weight excluding hydrogens is 386 g/mol. The molecule has 0 unspecified atom stereocenters. The van der Waals surface area contributed by atoms with Gasteiger partial charge in [0.05, 0.1) is 6.42 Å². The predicted octanol–water partition coefficient (Wildman–Crippen LogP) is 4.37. The van der Waals surface area contributed by atoms with Crippen LogP contribution in [0.15, 0.2) is 48.5 Å². The summed E-state index contributed by atoms with van der Waals surface area (Å²) in [5, 5.41) is 3.06. The summed E-state index contributed by atoms with van der Waals surface area (Å²) in [4.78, 5) is 27.4. The first-order valence-electron chi connectivity index (χ1n) is 10.5. The topological polar surface area (TPSA) is 49.4 Å². The summed E-state index contributed by atoms with van der Waals surface area (Å²) in [5.74, 6) is -1.39. The average Bonchev–Trinajstić information content (AvgIpc) is 2.75. The second-order valence-electron chi connectivity index (χ2n) is 7.94. The van der Waals surface area contributed by atoms with Gasteiger partial charge in [-0.3, -0.25) is 9.59 Å². The molecule has 0 aliphatic heterocycles. The lowest BCUT2D eigenvalue weighted by atomic mass is 9.95. The van der Waals surface area contributed by atoms with E-state index in [4.69, 9.17) is 0 Å². The number of carbonyl (C=O) groups is 2. The fraction of sp³-hybridized carbons (Fsp3) is 0.417. The second kappa shape index (κ2) is 10.3. The van der Waals surface area contributed by atoms with Crippen molar-refractivity contribution in [2.24, 2.45) is 0 Å². The molecule has 30 heavy (non-hydrogen) atoms. The number of nitrogens with one attached hydrogen (secondary N) is 1. The number of halogens is 2. The van der Waals surface area contributed by atoms with Crippen LogP contribution in [-0.2, 0) is 22.6 Å². The third-order valence-electron chi connectivity index (χ3n) is 5.68. The van der Waals surface area contributed by atoms with Crippen LogP contribution in [0, 0.1) is 11.6 Å². The second-order valence-corrected chi connectivity index (χ2v) is 7.94. The first-order chi connectivity index (χ1) is 14.4. The zero-order valence-electron chi connectivity index (χ0n) is 17.2. The highest BCUT2D eigenvalue weighted by atomic mass is 19.1. The Balaban J connectivity index is 1.76. The van der Waals surface area contributed by atoms with Gasteiger partial charge in [-0.25, -0.2) is 8.78 Å². The van der Waals surface area contributed by atoms with Crippen LogP contribution < -0.4 is 5.32 Å². The van der Waals surface area contributed by atoms with E-state index in [1.165, 1.54) is 29.5 Å². The van der Waals surface area contributed by atoms with E-state index in [0.29, 0.717) is 5.56 Å². The minimum absolute atomic E-state index is 0.128. The van der Waals surface area contributed by atoms with Crippen molar-refractivity contribution >= 4 is 11.8 Å². The Morgan fingerprint density at radius 2 is 1.70 bits per heavy atom. The molecular formula is C24H28F2N2O2. The smallest absolute Gasteiger partial charge is 0.242 e. The molecule has 0 bridgehead atoms. The highest BCUT2D eigenvalue weighted by Gasteiger charge is 2.28. The molecule has 1 fully saturated rings. The zero-order valence-corrected chi connectivity index (χ0v) is 17.2. The number of hydrogen-bond donors (Lipinski definition) is 1. The third kappa shape index (κ3) is 5.88. The molecule has 2 amide bonds. The molecule has 0 aromatic heterocycles. The molecule has 4 nitrogen and oxygen atoms in total. The maximum absolute atomic E-state index is 14.1. The van der Waals surface area contributed by atoms with E-state index in [2.05, 4.69) is 5.32 Å². The highest BCUT2D eigenvalue weighted by molar-refractivity contribution is 5.88. The first kappa shape index (κ1) is 21.9. The summed E-state index contributed by atoms with van der Waals surface area (Å²) in [5.41, 5.74) is 0.988. The highest BCUT2D eigenvalue weighted by Crippen LogP contribution is 2.19. The van der Waals surface area contributed by atoms with Crippen molar-refractivity contribution in [2.45, 2.75) is 64.1 Å². The summed E-state index contributed by atoms with van der Waals surface area (Å²) in [6.07, 6.45) is 5.10. The molecule has 0 saturated heterocycles. The molecule has 1 atom stereocenters. The summed E-state index contributed by atoms with van der Waals surface area (Å²) in [6, 6.07) is 11.3. The van der Waals surface area contributed by atoms with Crippen molar-refractivity contribution in [3.63, 3.8) is 0 Å². The van der Waals surface area contributed by atoms with E-state index in [9.17, 15) is 18.4 Å². The van der Waals surface area contributed by atoms with Crippen LogP contribution in [0.4, 0.5) is 8.78 Å². The van der Waals surface area contributed by atoms with Gasteiger partial charge in [-0.2, -0.15) is 0 Å². The van der Waals surface area contributed by atoms with E-state index < -0.39 is 11.9 Å². The van der Waals surface area contributed by atoms with Crippen LogP contribution in [-0.4, -0.2) is 28.8 Å². The molecule has 1 saturated carbocycles. The standard InChI is InChI=1S/C24H28F2N2O2/c1-17(24(30)27-21-8-3-2-4-9-21)28(16-18-11-13-20(25)14-12-18)23(29)15-19-7-5-6-10-22(19)26/h5-7,10-14,17,21H,2-4,8-9,15-16H2,1H3,(H,27,30)/t17-/m0/s1. The molecule has 1 N–H and O–H groups in total. The molecule has 2 aromatic carbocycles. The van der Waals surface area contributed by atoms with Gasteiger partial charge in [0.1, 0.15) is 17.7 Å². The van der Waals surface area contributed by atoms with Crippen molar-refractivity contribution in [2.75, 3.05) is 0 Å². The lowest BCUT2D eigenvalue weighted by Gasteiger charge is -2.31. The Morgan fingerprint density at radius 3 is 2.37 bits per heavy atom. The maximum atomic E-state index is 14.1. The first-order valence-corrected chi connectivity index (χ1v) is 10.5. The number of rotatable bonds is 7. The van der Waals surface area contributed by atoms with Gasteiger partial charge in [-0.15, -0.1) is 0 Å². The van der Waals surface area contributed by atoms with Crippen molar-refractivity contribution in [1.29, 1.82) is 0 Å². The fourth-order valence-corrected chi connectivity index (χ4v) is 3.84. The molecule has 160 valence electrons. The van der Waals surface area contributed by atoms with Crippen LogP contribution in [0.3, 0.4) is 0 Å². The van der Waals surface area contributed by atoms with E-state index in [-0.39, 0.29) is 42.2 Å². The molecule has 0 heterocycles. The Hall–Kier alpha value is -2.76. The van der Waals surface area contributed by atoms with Gasteiger partial charge in [0, 0.05) is 12.6 Å². The molecule has 0 radical (unpaired) electrons. The van der Waals surface area contributed by atoms with Crippen LogP contribution >= 0.6 is 0 Å². The molecule has 2 aromatic rings. The van der Waals surface area contributed by atoms with Crippen molar-refractivity contribution in [1.82, 2.24) is 10.2 Å². The lowest BCUT2D eigenvalue weighted by molar-refractivity contribution is -0.140. The number of benzene rings is 2. The minimum atomic E-state index is -0.726. The van der Waals surface area contributed by atoms with Crippen LogP contribution in [0.25, 0.3) is 0 Å². The van der Waals surface area contributed by atoms with Gasteiger partial charge >= 0.3 is 0 Å². The number of carbonyl (C=O) groups excluding carboxylic acids is 2. The van der Waals surface area contributed by atoms with Crippen LogP contribution in [0.1, 0.15) is 50.2 Å². The van der Waals surface area contributed by atoms with Crippen molar-refractivity contribution < 1.29 is 18.4 Å². The molecule has 0 spiro atoms. The van der Waals surface area contributed by atoms with Gasteiger partial charge < -0.3 is 10.2 Å². The molecule has 6 heteroatoms. The van der Waals surface area contributed by atoms with Crippen LogP contribution in [0.5, 0.6) is 0 Å². The van der Waals surface area contributed by atoms with E-state index in [1.807, 2.05) is 0 Å². The largest absolute Gasteiger partial charge is 0.352 e. The van der Waals surface area contributed by atoms with E-state index >= 15 is 0 Å². The number of amides is 2. The van der Waals surface area contributed by atoms with Crippen molar-refractivity contribution in [3.8, 4) is 0 Å². The van der Waals surface area contributed by atoms with E-state index in [1.54, 1.807) is 37.3 Å². The molecule has 1 aliphatic carbocycles. The monoisotopic (exact) mass is 414 g/mol. The lowest BCUT2D eigenvalue weighted by Crippen LogP contribution is -2.50. The zero-order chi connectivity index (χ0) is 21.5. The van der Waals surface area contributed by atoms with E-state index in [0.717, 1.165) is 25.7 Å². The Bertz CT molecular complexity index is 864. The minimum Gasteiger partial charge on any atom is -0.352 e. The average molecular weight is 414 g/mol. The van der Waals surface area contributed by atoms with Gasteiger partial charge in [-0.1, -0.05) is 49.6 Å². The third-order valence-corrected chi connectivity index (χ3v) is 5.68. The van der Waals surface area contributed by atoms with Crippen LogP contribution in [0.2, 0.25) is 0 Å². The van der Waals surface area contributed by atoms with Gasteiger partial charge in [0.25, 0.3) is 0 Å². The quantitative estimate of drug-likeness (QED) is 0.731. The Kier molecular flexibility index (Phi) is 7.55. The SMILES string of the molecule is C[C@@H](C(=O)NC1CCCCC1)N(Cc1ccc(F)cc1)C(=O)Cc1ccccc1F. The summed E-state index contributed by atoms with van der Waals surface area (Å²) < 4.78 is 27.3.